The molecule has 0 saturated heterocycles. The molecule has 1 rings (SSSR count). The highest BCUT2D eigenvalue weighted by atomic mass is 16.4. The van der Waals surface area contributed by atoms with E-state index in [4.69, 9.17) is 5.11 Å². The Hall–Kier alpha value is -2.37. The van der Waals surface area contributed by atoms with Gasteiger partial charge in [-0.05, 0) is 36.0 Å². The molecule has 132 valence electrons. The topological polar surface area (TPSA) is 95.5 Å². The summed E-state index contributed by atoms with van der Waals surface area (Å²) in [5, 5.41) is 13.6. The highest BCUT2D eigenvalue weighted by Crippen LogP contribution is 2.21. The number of aliphatic carboxylic acids is 1. The predicted molar refractivity (Wildman–Crippen MR) is 92.7 cm³/mol. The van der Waals surface area contributed by atoms with Gasteiger partial charge in [0.1, 0.15) is 6.54 Å². The Balaban J connectivity index is 2.40. The number of amides is 2. The number of rotatable bonds is 8. The number of carboxylic acid groups (broad SMARTS) is 1. The second-order valence-corrected chi connectivity index (χ2v) is 7.01. The Labute approximate surface area is 142 Å². The maximum absolute atomic E-state index is 11.9. The average molecular weight is 334 g/mol. The molecule has 0 atom stereocenters. The zero-order valence-corrected chi connectivity index (χ0v) is 14.5. The van der Waals surface area contributed by atoms with Gasteiger partial charge in [0.25, 0.3) is 0 Å². The van der Waals surface area contributed by atoms with E-state index in [-0.39, 0.29) is 30.2 Å². The van der Waals surface area contributed by atoms with Crippen LogP contribution >= 0.6 is 0 Å². The first-order valence-corrected chi connectivity index (χ1v) is 8.03. The highest BCUT2D eigenvalue weighted by molar-refractivity contribution is 5.90. The minimum absolute atomic E-state index is 0.0220. The quantitative estimate of drug-likeness (QED) is 0.681. The number of hydrogen-bond acceptors (Lipinski definition) is 3. The van der Waals surface area contributed by atoms with Crippen molar-refractivity contribution < 1.29 is 19.5 Å². The van der Waals surface area contributed by atoms with E-state index in [2.05, 4.69) is 31.4 Å². The third-order valence-corrected chi connectivity index (χ3v) is 3.37. The maximum Gasteiger partial charge on any atom is 0.322 e. The SMILES string of the molecule is CC(C)(C)CCCC(=O)Nc1ccc(CC(=O)NCC(=O)O)cc1. The minimum atomic E-state index is -1.08. The van der Waals surface area contributed by atoms with Crippen LogP contribution in [-0.2, 0) is 20.8 Å². The van der Waals surface area contributed by atoms with Crippen LogP contribution < -0.4 is 10.6 Å². The van der Waals surface area contributed by atoms with E-state index in [0.29, 0.717) is 12.1 Å². The maximum atomic E-state index is 11.9. The molecule has 0 aliphatic heterocycles. The summed E-state index contributed by atoms with van der Waals surface area (Å²) in [4.78, 5) is 33.8. The zero-order chi connectivity index (χ0) is 18.2. The molecule has 0 saturated carbocycles. The largest absolute Gasteiger partial charge is 0.480 e. The summed E-state index contributed by atoms with van der Waals surface area (Å²) >= 11 is 0. The molecule has 1 aromatic carbocycles. The summed E-state index contributed by atoms with van der Waals surface area (Å²) < 4.78 is 0. The monoisotopic (exact) mass is 334 g/mol. The average Bonchev–Trinajstić information content (AvgIpc) is 2.46. The molecule has 0 heterocycles. The van der Waals surface area contributed by atoms with Crippen molar-refractivity contribution in [3.8, 4) is 0 Å². The molecule has 0 aromatic heterocycles. The Bertz CT molecular complexity index is 574. The van der Waals surface area contributed by atoms with Gasteiger partial charge in [-0.15, -0.1) is 0 Å². The molecule has 0 fully saturated rings. The van der Waals surface area contributed by atoms with Gasteiger partial charge in [-0.1, -0.05) is 32.9 Å². The minimum Gasteiger partial charge on any atom is -0.480 e. The molecule has 2 amide bonds. The molecule has 0 aliphatic carbocycles. The van der Waals surface area contributed by atoms with Crippen molar-refractivity contribution >= 4 is 23.5 Å². The van der Waals surface area contributed by atoms with Crippen molar-refractivity contribution in [3.05, 3.63) is 29.8 Å². The number of carboxylic acids is 1. The molecule has 6 heteroatoms. The molecule has 0 radical (unpaired) electrons. The fourth-order valence-electron chi connectivity index (χ4n) is 2.13. The van der Waals surface area contributed by atoms with Crippen molar-refractivity contribution in [2.24, 2.45) is 5.41 Å². The first-order valence-electron chi connectivity index (χ1n) is 8.03. The molecule has 6 nitrogen and oxygen atoms in total. The van der Waals surface area contributed by atoms with Crippen LogP contribution in [0.25, 0.3) is 0 Å². The van der Waals surface area contributed by atoms with Crippen molar-refractivity contribution in [2.75, 3.05) is 11.9 Å². The molecule has 0 bridgehead atoms. The fraction of sp³-hybridized carbons (Fsp3) is 0.500. The fourth-order valence-corrected chi connectivity index (χ4v) is 2.13. The van der Waals surface area contributed by atoms with Gasteiger partial charge < -0.3 is 15.7 Å². The number of benzene rings is 1. The third kappa shape index (κ3) is 8.92. The number of anilines is 1. The van der Waals surface area contributed by atoms with Crippen molar-refractivity contribution in [2.45, 2.75) is 46.5 Å². The van der Waals surface area contributed by atoms with Gasteiger partial charge in [0, 0.05) is 12.1 Å². The first kappa shape index (κ1) is 19.7. The zero-order valence-electron chi connectivity index (χ0n) is 14.5. The smallest absolute Gasteiger partial charge is 0.322 e. The number of hydrogen-bond donors (Lipinski definition) is 3. The lowest BCUT2D eigenvalue weighted by atomic mass is 9.90. The van der Waals surface area contributed by atoms with Gasteiger partial charge in [-0.2, -0.15) is 0 Å². The summed E-state index contributed by atoms with van der Waals surface area (Å²) in [6.45, 7) is 6.06. The molecule has 0 spiro atoms. The lowest BCUT2D eigenvalue weighted by molar-refractivity contribution is -0.137. The third-order valence-electron chi connectivity index (χ3n) is 3.37. The molecule has 0 unspecified atom stereocenters. The van der Waals surface area contributed by atoms with E-state index >= 15 is 0 Å². The molecule has 0 aliphatic rings. The van der Waals surface area contributed by atoms with Gasteiger partial charge in [-0.3, -0.25) is 14.4 Å². The van der Waals surface area contributed by atoms with E-state index in [1.165, 1.54) is 0 Å². The van der Waals surface area contributed by atoms with E-state index in [1.807, 2.05) is 0 Å². The van der Waals surface area contributed by atoms with Crippen molar-refractivity contribution in [1.29, 1.82) is 0 Å². The Morgan fingerprint density at radius 2 is 1.67 bits per heavy atom. The van der Waals surface area contributed by atoms with Crippen LogP contribution in [0.1, 0.15) is 45.6 Å². The Morgan fingerprint density at radius 1 is 1.04 bits per heavy atom. The molecule has 3 N–H and O–H groups in total. The number of nitrogens with one attached hydrogen (secondary N) is 2. The molecule has 1 aromatic rings. The normalized spacial score (nSPS) is 11.0. The summed E-state index contributed by atoms with van der Waals surface area (Å²) in [6.07, 6.45) is 2.42. The number of carbonyl (C=O) groups is 3. The lowest BCUT2D eigenvalue weighted by Crippen LogP contribution is -2.30. The van der Waals surface area contributed by atoms with Gasteiger partial charge in [0.05, 0.1) is 6.42 Å². The van der Waals surface area contributed by atoms with E-state index in [0.717, 1.165) is 18.4 Å². The van der Waals surface area contributed by atoms with E-state index in [1.54, 1.807) is 24.3 Å². The summed E-state index contributed by atoms with van der Waals surface area (Å²) in [5.41, 5.74) is 1.66. The predicted octanol–water partition coefficient (Wildman–Crippen LogP) is 2.58. The van der Waals surface area contributed by atoms with Crippen LogP contribution in [0.3, 0.4) is 0 Å². The van der Waals surface area contributed by atoms with Crippen LogP contribution in [0.2, 0.25) is 0 Å². The van der Waals surface area contributed by atoms with Gasteiger partial charge in [0.15, 0.2) is 0 Å². The van der Waals surface area contributed by atoms with Gasteiger partial charge >= 0.3 is 5.97 Å². The van der Waals surface area contributed by atoms with Crippen LogP contribution in [0, 0.1) is 5.41 Å². The number of carbonyl (C=O) groups excluding carboxylic acids is 2. The Kier molecular flexibility index (Phi) is 7.42. The van der Waals surface area contributed by atoms with Crippen LogP contribution in [0.15, 0.2) is 24.3 Å². The molecule has 24 heavy (non-hydrogen) atoms. The molecular formula is C18H26N2O4. The van der Waals surface area contributed by atoms with Crippen molar-refractivity contribution in [3.63, 3.8) is 0 Å². The first-order chi connectivity index (χ1) is 11.2. The van der Waals surface area contributed by atoms with Crippen LogP contribution in [0.5, 0.6) is 0 Å². The van der Waals surface area contributed by atoms with Gasteiger partial charge in [0.2, 0.25) is 11.8 Å². The Morgan fingerprint density at radius 3 is 2.21 bits per heavy atom. The highest BCUT2D eigenvalue weighted by Gasteiger charge is 2.11. The lowest BCUT2D eigenvalue weighted by Gasteiger charge is -2.17. The van der Waals surface area contributed by atoms with Crippen molar-refractivity contribution in [1.82, 2.24) is 5.32 Å². The van der Waals surface area contributed by atoms with E-state index < -0.39 is 5.97 Å². The summed E-state index contributed by atoms with van der Waals surface area (Å²) in [7, 11) is 0. The summed E-state index contributed by atoms with van der Waals surface area (Å²) in [5.74, 6) is -1.45. The summed E-state index contributed by atoms with van der Waals surface area (Å²) in [6, 6.07) is 6.96. The second kappa shape index (κ2) is 9.05. The van der Waals surface area contributed by atoms with Crippen LogP contribution in [-0.4, -0.2) is 29.4 Å². The van der Waals surface area contributed by atoms with Gasteiger partial charge in [-0.25, -0.2) is 0 Å². The van der Waals surface area contributed by atoms with Crippen LogP contribution in [0.4, 0.5) is 5.69 Å². The molecular weight excluding hydrogens is 308 g/mol. The second-order valence-electron chi connectivity index (χ2n) is 7.01. The standard InChI is InChI=1S/C18H26N2O4/c1-18(2,3)10-4-5-15(21)20-14-8-6-13(7-9-14)11-16(22)19-12-17(23)24/h6-9H,4-5,10-12H2,1-3H3,(H,19,22)(H,20,21)(H,23,24). The van der Waals surface area contributed by atoms with E-state index in [9.17, 15) is 14.4 Å².